The van der Waals surface area contributed by atoms with Crippen molar-refractivity contribution in [3.8, 4) is 0 Å². The first-order valence-corrected chi connectivity index (χ1v) is 5.25. The molecule has 2 nitrogen and oxygen atoms in total. The fraction of sp³-hybridized carbons (Fsp3) is 0.556. The monoisotopic (exact) mass is 180 g/mol. The van der Waals surface area contributed by atoms with Gasteiger partial charge in [-0.25, -0.2) is 9.97 Å². The second-order valence-corrected chi connectivity index (χ2v) is 4.47. The van der Waals surface area contributed by atoms with Gasteiger partial charge in [-0.2, -0.15) is 0 Å². The van der Waals surface area contributed by atoms with E-state index in [9.17, 15) is 0 Å². The molecule has 1 saturated carbocycles. The van der Waals surface area contributed by atoms with Gasteiger partial charge in [-0.1, -0.05) is 12.8 Å². The topological polar surface area (TPSA) is 25.8 Å². The molecule has 1 heterocycles. The third-order valence-corrected chi connectivity index (χ3v) is 3.43. The molecule has 0 amide bonds. The molecular weight excluding hydrogens is 168 g/mol. The zero-order valence-electron chi connectivity index (χ0n) is 6.94. The molecule has 0 radical (unpaired) electrons. The maximum Gasteiger partial charge on any atom is 0.115 e. The quantitative estimate of drug-likeness (QED) is 0.699. The van der Waals surface area contributed by atoms with E-state index in [1.54, 1.807) is 6.33 Å². The molecule has 1 fully saturated rings. The molecule has 0 spiro atoms. The molecule has 1 aromatic heterocycles. The van der Waals surface area contributed by atoms with Crippen molar-refractivity contribution < 1.29 is 0 Å². The Balaban J connectivity index is 1.94. The van der Waals surface area contributed by atoms with Crippen LogP contribution >= 0.6 is 11.8 Å². The zero-order valence-corrected chi connectivity index (χ0v) is 7.76. The van der Waals surface area contributed by atoms with E-state index in [0.29, 0.717) is 0 Å². The van der Waals surface area contributed by atoms with E-state index in [2.05, 4.69) is 9.97 Å². The summed E-state index contributed by atoms with van der Waals surface area (Å²) >= 11 is 1.93. The molecule has 0 bridgehead atoms. The van der Waals surface area contributed by atoms with Crippen molar-refractivity contribution >= 4 is 11.8 Å². The van der Waals surface area contributed by atoms with Crippen LogP contribution in [0.15, 0.2) is 23.6 Å². The average Bonchev–Trinajstić information content (AvgIpc) is 2.59. The minimum atomic E-state index is 0.816. The van der Waals surface area contributed by atoms with Gasteiger partial charge in [0.05, 0.1) is 0 Å². The number of rotatable bonds is 2. The van der Waals surface area contributed by atoms with Crippen LogP contribution in [0.2, 0.25) is 0 Å². The fourth-order valence-electron chi connectivity index (χ4n) is 1.54. The van der Waals surface area contributed by atoms with Crippen LogP contribution in [0, 0.1) is 0 Å². The standard InChI is InChI=1S/C9H12N2S/c1-2-4-8(3-1)12-9-5-10-7-11-6-9/h5-8H,1-4H2. The predicted molar refractivity (Wildman–Crippen MR) is 50.1 cm³/mol. The fourth-order valence-corrected chi connectivity index (χ4v) is 2.74. The lowest BCUT2D eigenvalue weighted by atomic mass is 10.4. The second-order valence-electron chi connectivity index (χ2n) is 3.10. The van der Waals surface area contributed by atoms with E-state index in [-0.39, 0.29) is 0 Å². The SMILES string of the molecule is c1ncc(SC2CCCC2)cn1. The molecule has 12 heavy (non-hydrogen) atoms. The summed E-state index contributed by atoms with van der Waals surface area (Å²) in [6.45, 7) is 0. The lowest BCUT2D eigenvalue weighted by Gasteiger charge is -2.06. The van der Waals surface area contributed by atoms with Gasteiger partial charge in [0.2, 0.25) is 0 Å². The summed E-state index contributed by atoms with van der Waals surface area (Å²) in [7, 11) is 0. The van der Waals surface area contributed by atoms with Crippen LogP contribution < -0.4 is 0 Å². The minimum Gasteiger partial charge on any atom is -0.244 e. The Hall–Kier alpha value is -0.570. The normalized spacial score (nSPS) is 18.3. The summed E-state index contributed by atoms with van der Waals surface area (Å²) in [6, 6.07) is 0. The predicted octanol–water partition coefficient (Wildman–Crippen LogP) is 2.51. The highest BCUT2D eigenvalue weighted by Crippen LogP contribution is 2.33. The first-order valence-electron chi connectivity index (χ1n) is 4.37. The van der Waals surface area contributed by atoms with E-state index in [0.717, 1.165) is 5.25 Å². The van der Waals surface area contributed by atoms with Gasteiger partial charge in [-0.3, -0.25) is 0 Å². The summed E-state index contributed by atoms with van der Waals surface area (Å²) in [5, 5.41) is 0.816. The third-order valence-electron chi connectivity index (χ3n) is 2.14. The van der Waals surface area contributed by atoms with E-state index in [1.807, 2.05) is 24.2 Å². The van der Waals surface area contributed by atoms with Crippen molar-refractivity contribution in [2.24, 2.45) is 0 Å². The minimum absolute atomic E-state index is 0.816. The molecule has 0 N–H and O–H groups in total. The summed E-state index contributed by atoms with van der Waals surface area (Å²) in [5.41, 5.74) is 0. The van der Waals surface area contributed by atoms with Gasteiger partial charge in [0, 0.05) is 22.5 Å². The molecule has 0 saturated heterocycles. The number of hydrogen-bond acceptors (Lipinski definition) is 3. The van der Waals surface area contributed by atoms with Crippen LogP contribution in [0.25, 0.3) is 0 Å². The number of nitrogens with zero attached hydrogens (tertiary/aromatic N) is 2. The largest absolute Gasteiger partial charge is 0.244 e. The van der Waals surface area contributed by atoms with Crippen molar-refractivity contribution in [1.82, 2.24) is 9.97 Å². The molecule has 1 aliphatic carbocycles. The summed E-state index contributed by atoms with van der Waals surface area (Å²) in [4.78, 5) is 9.20. The molecule has 1 aliphatic rings. The van der Waals surface area contributed by atoms with Crippen molar-refractivity contribution in [3.63, 3.8) is 0 Å². The Morgan fingerprint density at radius 2 is 1.83 bits per heavy atom. The molecule has 1 aromatic rings. The lowest BCUT2D eigenvalue weighted by Crippen LogP contribution is -1.93. The van der Waals surface area contributed by atoms with Crippen molar-refractivity contribution in [2.45, 2.75) is 35.8 Å². The van der Waals surface area contributed by atoms with Crippen LogP contribution in [-0.4, -0.2) is 15.2 Å². The van der Waals surface area contributed by atoms with Crippen LogP contribution in [-0.2, 0) is 0 Å². The van der Waals surface area contributed by atoms with Gasteiger partial charge in [0.15, 0.2) is 0 Å². The molecule has 0 unspecified atom stereocenters. The summed E-state index contributed by atoms with van der Waals surface area (Å²) in [5.74, 6) is 0. The van der Waals surface area contributed by atoms with E-state index in [4.69, 9.17) is 0 Å². The third kappa shape index (κ3) is 1.97. The van der Waals surface area contributed by atoms with Crippen LogP contribution in [0.4, 0.5) is 0 Å². The van der Waals surface area contributed by atoms with Crippen molar-refractivity contribution in [1.29, 1.82) is 0 Å². The molecular formula is C9H12N2S. The summed E-state index contributed by atoms with van der Waals surface area (Å²) < 4.78 is 0. The maximum absolute atomic E-state index is 3.99. The van der Waals surface area contributed by atoms with Gasteiger partial charge in [0.25, 0.3) is 0 Å². The molecule has 2 rings (SSSR count). The van der Waals surface area contributed by atoms with Gasteiger partial charge >= 0.3 is 0 Å². The highest BCUT2D eigenvalue weighted by molar-refractivity contribution is 8.00. The molecule has 3 heteroatoms. The summed E-state index contributed by atoms with van der Waals surface area (Å²) in [6.07, 6.45) is 10.9. The molecule has 0 aliphatic heterocycles. The molecule has 64 valence electrons. The van der Waals surface area contributed by atoms with Gasteiger partial charge in [0.1, 0.15) is 6.33 Å². The van der Waals surface area contributed by atoms with Gasteiger partial charge in [-0.15, -0.1) is 11.8 Å². The van der Waals surface area contributed by atoms with E-state index < -0.39 is 0 Å². The van der Waals surface area contributed by atoms with Gasteiger partial charge in [-0.05, 0) is 12.8 Å². The lowest BCUT2D eigenvalue weighted by molar-refractivity contribution is 0.886. The highest BCUT2D eigenvalue weighted by Gasteiger charge is 2.15. The van der Waals surface area contributed by atoms with Gasteiger partial charge < -0.3 is 0 Å². The highest BCUT2D eigenvalue weighted by atomic mass is 32.2. The number of thioether (sulfide) groups is 1. The number of aromatic nitrogens is 2. The van der Waals surface area contributed by atoms with Crippen molar-refractivity contribution in [2.75, 3.05) is 0 Å². The Morgan fingerprint density at radius 1 is 1.17 bits per heavy atom. The maximum atomic E-state index is 3.99. The Bertz CT molecular complexity index is 232. The smallest absolute Gasteiger partial charge is 0.115 e. The van der Waals surface area contributed by atoms with Crippen molar-refractivity contribution in [3.05, 3.63) is 18.7 Å². The first-order chi connectivity index (χ1) is 5.95. The van der Waals surface area contributed by atoms with Crippen LogP contribution in [0.1, 0.15) is 25.7 Å². The van der Waals surface area contributed by atoms with Crippen LogP contribution in [0.5, 0.6) is 0 Å². The number of hydrogen-bond donors (Lipinski definition) is 0. The Kier molecular flexibility index (Phi) is 2.61. The second kappa shape index (κ2) is 3.90. The van der Waals surface area contributed by atoms with Crippen LogP contribution in [0.3, 0.4) is 0 Å². The Morgan fingerprint density at radius 3 is 2.50 bits per heavy atom. The zero-order chi connectivity index (χ0) is 8.23. The van der Waals surface area contributed by atoms with E-state index in [1.165, 1.54) is 30.6 Å². The Labute approximate surface area is 76.8 Å². The molecule has 0 aromatic carbocycles. The molecule has 0 atom stereocenters. The average molecular weight is 180 g/mol. The first kappa shape index (κ1) is 8.05. The van der Waals surface area contributed by atoms with E-state index >= 15 is 0 Å².